The average Bonchev–Trinajstić information content (AvgIpc) is 2.87. The van der Waals surface area contributed by atoms with Gasteiger partial charge in [-0.05, 0) is 41.9 Å². The van der Waals surface area contributed by atoms with Crippen LogP contribution in [0.5, 0.6) is 0 Å². The molecule has 0 nitrogen and oxygen atoms in total. The zero-order valence-corrected chi connectivity index (χ0v) is 8.18. The highest BCUT2D eigenvalue weighted by atomic mass is 19.1. The largest absolute Gasteiger partial charge is 0.207 e. The van der Waals surface area contributed by atoms with Crippen LogP contribution in [0.4, 0.5) is 4.39 Å². The van der Waals surface area contributed by atoms with E-state index in [1.807, 2.05) is 12.1 Å². The Morgan fingerprint density at radius 1 is 1.31 bits per heavy atom. The van der Waals surface area contributed by atoms with Gasteiger partial charge in [-0.25, -0.2) is 4.39 Å². The molecule has 0 bridgehead atoms. The first kappa shape index (κ1) is 8.74. The van der Waals surface area contributed by atoms with Gasteiger partial charge in [-0.3, -0.25) is 0 Å². The molecule has 0 aliphatic heterocycles. The zero-order valence-electron chi connectivity index (χ0n) is 8.18. The van der Waals surface area contributed by atoms with Crippen molar-refractivity contribution >= 4 is 0 Å². The Morgan fingerprint density at radius 3 is 2.54 bits per heavy atom. The van der Waals surface area contributed by atoms with E-state index < -0.39 is 0 Å². The van der Waals surface area contributed by atoms with Gasteiger partial charge in [0.1, 0.15) is 5.82 Å². The summed E-state index contributed by atoms with van der Waals surface area (Å²) in [6.45, 7) is 4.29. The average molecular weight is 178 g/mol. The highest BCUT2D eigenvalue weighted by Gasteiger charge is 2.26. The molecule has 1 aromatic rings. The third-order valence-corrected chi connectivity index (χ3v) is 2.70. The lowest BCUT2D eigenvalue weighted by molar-refractivity contribution is 0.609. The summed E-state index contributed by atoms with van der Waals surface area (Å²) < 4.78 is 13.3. The fraction of sp³-hybridized carbons (Fsp3) is 0.500. The van der Waals surface area contributed by atoms with Gasteiger partial charge in [0.05, 0.1) is 0 Å². The van der Waals surface area contributed by atoms with Crippen LogP contribution >= 0.6 is 0 Å². The molecule has 13 heavy (non-hydrogen) atoms. The molecule has 0 spiro atoms. The molecule has 1 aliphatic rings. The van der Waals surface area contributed by atoms with Gasteiger partial charge in [-0.15, -0.1) is 0 Å². The van der Waals surface area contributed by atoms with E-state index in [2.05, 4.69) is 13.8 Å². The highest BCUT2D eigenvalue weighted by molar-refractivity contribution is 5.32. The van der Waals surface area contributed by atoms with E-state index in [1.165, 1.54) is 18.4 Å². The molecule has 70 valence electrons. The van der Waals surface area contributed by atoms with Crippen molar-refractivity contribution in [2.24, 2.45) is 0 Å². The van der Waals surface area contributed by atoms with Gasteiger partial charge >= 0.3 is 0 Å². The van der Waals surface area contributed by atoms with Crippen LogP contribution in [0.1, 0.15) is 49.7 Å². The van der Waals surface area contributed by atoms with E-state index in [0.29, 0.717) is 11.8 Å². The number of hydrogen-bond acceptors (Lipinski definition) is 0. The van der Waals surface area contributed by atoms with Crippen molar-refractivity contribution in [3.05, 3.63) is 35.1 Å². The van der Waals surface area contributed by atoms with Crippen LogP contribution in [0.25, 0.3) is 0 Å². The third-order valence-electron chi connectivity index (χ3n) is 2.70. The van der Waals surface area contributed by atoms with Gasteiger partial charge in [0.15, 0.2) is 0 Å². The molecule has 0 aromatic heterocycles. The van der Waals surface area contributed by atoms with Crippen LogP contribution in [0.3, 0.4) is 0 Å². The summed E-state index contributed by atoms with van der Waals surface area (Å²) >= 11 is 0. The number of halogens is 1. The normalized spacial score (nSPS) is 16.6. The quantitative estimate of drug-likeness (QED) is 0.645. The van der Waals surface area contributed by atoms with Gasteiger partial charge in [-0.2, -0.15) is 0 Å². The standard InChI is InChI=1S/C12H15F/c1-8(2)10-5-6-12(13)11(7-10)9-3-4-9/h5-9H,3-4H2,1-2H3. The van der Waals surface area contributed by atoms with Crippen LogP contribution in [-0.4, -0.2) is 0 Å². The lowest BCUT2D eigenvalue weighted by Gasteiger charge is -2.08. The van der Waals surface area contributed by atoms with E-state index in [0.717, 1.165) is 5.56 Å². The molecule has 1 aromatic carbocycles. The maximum absolute atomic E-state index is 13.3. The summed E-state index contributed by atoms with van der Waals surface area (Å²) in [6.07, 6.45) is 2.33. The van der Waals surface area contributed by atoms with Gasteiger partial charge in [0.25, 0.3) is 0 Å². The molecule has 1 heteroatoms. The molecule has 0 unspecified atom stereocenters. The summed E-state index contributed by atoms with van der Waals surface area (Å²) in [6, 6.07) is 5.55. The monoisotopic (exact) mass is 178 g/mol. The Bertz CT molecular complexity index is 311. The van der Waals surface area contributed by atoms with Crippen molar-refractivity contribution in [1.82, 2.24) is 0 Å². The van der Waals surface area contributed by atoms with Crippen molar-refractivity contribution < 1.29 is 4.39 Å². The lowest BCUT2D eigenvalue weighted by atomic mass is 9.99. The Morgan fingerprint density at radius 2 is 2.00 bits per heavy atom. The van der Waals surface area contributed by atoms with Crippen LogP contribution in [-0.2, 0) is 0 Å². The minimum Gasteiger partial charge on any atom is -0.207 e. The lowest BCUT2D eigenvalue weighted by Crippen LogP contribution is -1.93. The van der Waals surface area contributed by atoms with Crippen LogP contribution in [0, 0.1) is 5.82 Å². The predicted octanol–water partition coefficient (Wildman–Crippen LogP) is 3.83. The number of rotatable bonds is 2. The fourth-order valence-electron chi connectivity index (χ4n) is 1.63. The first-order valence-electron chi connectivity index (χ1n) is 4.98. The van der Waals surface area contributed by atoms with E-state index in [-0.39, 0.29) is 5.82 Å². The van der Waals surface area contributed by atoms with Crippen molar-refractivity contribution in [1.29, 1.82) is 0 Å². The topological polar surface area (TPSA) is 0 Å². The third kappa shape index (κ3) is 1.74. The van der Waals surface area contributed by atoms with E-state index >= 15 is 0 Å². The Hall–Kier alpha value is -0.850. The SMILES string of the molecule is CC(C)c1ccc(F)c(C2CC2)c1. The molecular formula is C12H15F. The smallest absolute Gasteiger partial charge is 0.126 e. The summed E-state index contributed by atoms with van der Waals surface area (Å²) in [4.78, 5) is 0. The second-order valence-corrected chi connectivity index (χ2v) is 4.21. The summed E-state index contributed by atoms with van der Waals surface area (Å²) in [5.74, 6) is 0.990. The van der Waals surface area contributed by atoms with Gasteiger partial charge in [0, 0.05) is 0 Å². The van der Waals surface area contributed by atoms with Crippen molar-refractivity contribution in [2.45, 2.75) is 38.5 Å². The molecule has 2 rings (SSSR count). The van der Waals surface area contributed by atoms with Gasteiger partial charge in [0.2, 0.25) is 0 Å². The number of hydrogen-bond donors (Lipinski definition) is 0. The Labute approximate surface area is 78.8 Å². The van der Waals surface area contributed by atoms with Crippen LogP contribution < -0.4 is 0 Å². The molecule has 1 saturated carbocycles. The van der Waals surface area contributed by atoms with Crippen molar-refractivity contribution in [2.75, 3.05) is 0 Å². The summed E-state index contributed by atoms with van der Waals surface area (Å²) in [5, 5.41) is 0. The van der Waals surface area contributed by atoms with E-state index in [4.69, 9.17) is 0 Å². The minimum atomic E-state index is -0.0214. The molecule has 0 heterocycles. The minimum absolute atomic E-state index is 0.0214. The Kier molecular flexibility index (Phi) is 2.10. The van der Waals surface area contributed by atoms with Crippen molar-refractivity contribution in [3.63, 3.8) is 0 Å². The number of benzene rings is 1. The highest BCUT2D eigenvalue weighted by Crippen LogP contribution is 2.41. The predicted molar refractivity (Wildman–Crippen MR) is 52.5 cm³/mol. The van der Waals surface area contributed by atoms with Crippen LogP contribution in [0.15, 0.2) is 18.2 Å². The fourth-order valence-corrected chi connectivity index (χ4v) is 1.63. The second kappa shape index (κ2) is 3.13. The van der Waals surface area contributed by atoms with Gasteiger partial charge < -0.3 is 0 Å². The Balaban J connectivity index is 2.36. The molecule has 0 saturated heterocycles. The zero-order chi connectivity index (χ0) is 9.42. The molecule has 0 radical (unpaired) electrons. The maximum atomic E-state index is 13.3. The molecule has 0 atom stereocenters. The van der Waals surface area contributed by atoms with E-state index in [9.17, 15) is 4.39 Å². The second-order valence-electron chi connectivity index (χ2n) is 4.21. The molecular weight excluding hydrogens is 163 g/mol. The molecule has 0 N–H and O–H groups in total. The molecule has 1 aliphatic carbocycles. The summed E-state index contributed by atoms with van der Waals surface area (Å²) in [5.41, 5.74) is 2.19. The van der Waals surface area contributed by atoms with Gasteiger partial charge in [-0.1, -0.05) is 26.0 Å². The first-order valence-corrected chi connectivity index (χ1v) is 4.98. The van der Waals surface area contributed by atoms with Crippen LogP contribution in [0.2, 0.25) is 0 Å². The van der Waals surface area contributed by atoms with E-state index in [1.54, 1.807) is 6.07 Å². The first-order chi connectivity index (χ1) is 6.18. The molecule has 0 amide bonds. The molecule has 1 fully saturated rings. The van der Waals surface area contributed by atoms with Crippen molar-refractivity contribution in [3.8, 4) is 0 Å². The summed E-state index contributed by atoms with van der Waals surface area (Å²) in [7, 11) is 0. The maximum Gasteiger partial charge on any atom is 0.126 e.